The Hall–Kier alpha value is -1.29. The Balaban J connectivity index is 1.45. The van der Waals surface area contributed by atoms with Crippen LogP contribution in [0.25, 0.3) is 0 Å². The van der Waals surface area contributed by atoms with Crippen molar-refractivity contribution in [1.29, 1.82) is 0 Å². The number of carbonyl (C=O) groups excluding carboxylic acids is 2. The summed E-state index contributed by atoms with van der Waals surface area (Å²) in [6.45, 7) is 6.40. The molecule has 0 unspecified atom stereocenters. The molecule has 0 aliphatic heterocycles. The first-order valence-corrected chi connectivity index (χ1v) is 14.7. The molecule has 198 valence electrons. The molecule has 8 nitrogen and oxygen atoms in total. The quantitative estimate of drug-likeness (QED) is 0.385. The molecule has 4 N–H and O–H groups in total. The molecule has 3 fully saturated rings. The SMILES string of the molecule is C[C@H](CCC(=O)NCCS(=O)(=O)O)[C@H]1CC[C@H]2[C@@H]3[C@H](O)CC4=CC(=O)CC[C@]4(C)[C@H]3C[C@H](O)[C@]12C. The maximum atomic E-state index is 12.2. The highest BCUT2D eigenvalue weighted by Crippen LogP contribution is 2.67. The number of aliphatic hydroxyl groups is 2. The standard InChI is InChI=1S/C26H41NO7S/c1-15(4-7-23(31)27-10-11-35(32,33)34)18-5-6-19-24-20(14-22(30)26(18,19)3)25(2)9-8-17(28)12-16(25)13-21(24)29/h12,15,18-22,24,29-30H,4-11,13-14H2,1-3H3,(H,27,31)(H,32,33,34)/t15-,18-,19+,20+,21-,22+,24+,25+,26-/m1/s1. The molecule has 3 saturated carbocycles. The van der Waals surface area contributed by atoms with Crippen molar-refractivity contribution in [3.63, 3.8) is 0 Å². The Morgan fingerprint density at radius 1 is 1.23 bits per heavy atom. The second-order valence-electron chi connectivity index (χ2n) is 12.1. The minimum Gasteiger partial charge on any atom is -0.393 e. The van der Waals surface area contributed by atoms with Gasteiger partial charge in [-0.1, -0.05) is 26.3 Å². The van der Waals surface area contributed by atoms with Crippen molar-refractivity contribution in [2.75, 3.05) is 12.3 Å². The predicted molar refractivity (Wildman–Crippen MR) is 131 cm³/mol. The zero-order chi connectivity index (χ0) is 25.8. The molecule has 4 aliphatic rings. The second kappa shape index (κ2) is 9.54. The molecule has 0 heterocycles. The molecule has 0 aromatic rings. The van der Waals surface area contributed by atoms with Crippen LogP contribution in [0.2, 0.25) is 0 Å². The lowest BCUT2D eigenvalue weighted by molar-refractivity contribution is -0.168. The Kier molecular flexibility index (Phi) is 7.30. The lowest BCUT2D eigenvalue weighted by Gasteiger charge is -2.61. The van der Waals surface area contributed by atoms with Gasteiger partial charge in [-0.05, 0) is 85.0 Å². The Morgan fingerprint density at radius 2 is 1.94 bits per heavy atom. The number of ketones is 1. The summed E-state index contributed by atoms with van der Waals surface area (Å²) in [4.78, 5) is 24.3. The molecule has 4 aliphatic carbocycles. The zero-order valence-corrected chi connectivity index (χ0v) is 21.9. The largest absolute Gasteiger partial charge is 0.393 e. The van der Waals surface area contributed by atoms with Crippen LogP contribution in [-0.4, -0.2) is 59.4 Å². The summed E-state index contributed by atoms with van der Waals surface area (Å²) in [7, 11) is -4.10. The second-order valence-corrected chi connectivity index (χ2v) is 13.6. The number of hydrogen-bond acceptors (Lipinski definition) is 6. The first-order valence-electron chi connectivity index (χ1n) is 13.1. The molecule has 0 aromatic carbocycles. The number of amides is 1. The van der Waals surface area contributed by atoms with E-state index in [2.05, 4.69) is 26.1 Å². The first kappa shape index (κ1) is 26.8. The van der Waals surface area contributed by atoms with Crippen molar-refractivity contribution in [2.45, 2.75) is 84.3 Å². The Morgan fingerprint density at radius 3 is 2.63 bits per heavy atom. The van der Waals surface area contributed by atoms with E-state index in [0.717, 1.165) is 24.8 Å². The lowest BCUT2D eigenvalue weighted by atomic mass is 9.45. The van der Waals surface area contributed by atoms with E-state index in [4.69, 9.17) is 4.55 Å². The van der Waals surface area contributed by atoms with E-state index >= 15 is 0 Å². The van der Waals surface area contributed by atoms with Gasteiger partial charge in [0.2, 0.25) is 5.91 Å². The van der Waals surface area contributed by atoms with Gasteiger partial charge < -0.3 is 15.5 Å². The topological polar surface area (TPSA) is 141 Å². The van der Waals surface area contributed by atoms with Crippen LogP contribution in [0.15, 0.2) is 11.6 Å². The van der Waals surface area contributed by atoms with Gasteiger partial charge in [0.05, 0.1) is 18.0 Å². The van der Waals surface area contributed by atoms with Crippen molar-refractivity contribution >= 4 is 21.8 Å². The predicted octanol–water partition coefficient (Wildman–Crippen LogP) is 2.50. The number of nitrogens with one attached hydrogen (secondary N) is 1. The fraction of sp³-hybridized carbons (Fsp3) is 0.846. The molecule has 4 rings (SSSR count). The Labute approximate surface area is 208 Å². The normalized spacial score (nSPS) is 41.9. The molecular formula is C26H41NO7S. The summed E-state index contributed by atoms with van der Waals surface area (Å²) in [6, 6.07) is 0. The molecule has 0 spiro atoms. The maximum Gasteiger partial charge on any atom is 0.266 e. The monoisotopic (exact) mass is 511 g/mol. The Bertz CT molecular complexity index is 994. The summed E-state index contributed by atoms with van der Waals surface area (Å²) in [5.41, 5.74) is 0.566. The molecule has 0 saturated heterocycles. The van der Waals surface area contributed by atoms with E-state index in [1.807, 2.05) is 0 Å². The number of aliphatic hydroxyl groups excluding tert-OH is 2. The van der Waals surface area contributed by atoms with Gasteiger partial charge in [-0.15, -0.1) is 0 Å². The van der Waals surface area contributed by atoms with E-state index in [1.54, 1.807) is 6.08 Å². The van der Waals surface area contributed by atoms with Gasteiger partial charge in [0.25, 0.3) is 10.1 Å². The van der Waals surface area contributed by atoms with Gasteiger partial charge in [0.1, 0.15) is 0 Å². The smallest absolute Gasteiger partial charge is 0.266 e. The highest BCUT2D eigenvalue weighted by atomic mass is 32.2. The van der Waals surface area contributed by atoms with Crippen LogP contribution in [0.4, 0.5) is 0 Å². The minimum atomic E-state index is -4.10. The molecule has 9 atom stereocenters. The third-order valence-corrected chi connectivity index (χ3v) is 11.1. The zero-order valence-electron chi connectivity index (χ0n) is 21.1. The molecule has 1 amide bonds. The minimum absolute atomic E-state index is 0.0969. The molecule has 35 heavy (non-hydrogen) atoms. The van der Waals surface area contributed by atoms with Crippen molar-refractivity contribution in [3.05, 3.63) is 11.6 Å². The van der Waals surface area contributed by atoms with Gasteiger partial charge in [-0.25, -0.2) is 0 Å². The van der Waals surface area contributed by atoms with Crippen molar-refractivity contribution in [1.82, 2.24) is 5.32 Å². The highest BCUT2D eigenvalue weighted by molar-refractivity contribution is 7.85. The number of hydrogen-bond donors (Lipinski definition) is 4. The number of carbonyl (C=O) groups is 2. The van der Waals surface area contributed by atoms with Crippen LogP contribution in [0.1, 0.15) is 72.1 Å². The molecule has 0 bridgehead atoms. The maximum absolute atomic E-state index is 12.2. The molecule has 9 heteroatoms. The number of fused-ring (bicyclic) bond motifs is 5. The molecule has 0 radical (unpaired) electrons. The average Bonchev–Trinajstić information content (AvgIpc) is 3.12. The van der Waals surface area contributed by atoms with Crippen LogP contribution in [0.5, 0.6) is 0 Å². The van der Waals surface area contributed by atoms with Crippen LogP contribution < -0.4 is 5.32 Å². The van der Waals surface area contributed by atoms with E-state index in [-0.39, 0.29) is 65.1 Å². The van der Waals surface area contributed by atoms with E-state index < -0.39 is 28.1 Å². The summed E-state index contributed by atoms with van der Waals surface area (Å²) in [6.07, 6.45) is 5.98. The van der Waals surface area contributed by atoms with E-state index in [1.165, 1.54) is 0 Å². The van der Waals surface area contributed by atoms with Gasteiger partial charge in [0.15, 0.2) is 5.78 Å². The van der Waals surface area contributed by atoms with E-state index in [9.17, 15) is 28.2 Å². The fourth-order valence-corrected chi connectivity index (χ4v) is 8.79. The van der Waals surface area contributed by atoms with Gasteiger partial charge in [0, 0.05) is 19.4 Å². The van der Waals surface area contributed by atoms with Crippen molar-refractivity contribution in [3.8, 4) is 0 Å². The van der Waals surface area contributed by atoms with Crippen LogP contribution in [0, 0.1) is 40.4 Å². The summed E-state index contributed by atoms with van der Waals surface area (Å²) < 4.78 is 30.5. The van der Waals surface area contributed by atoms with Crippen LogP contribution in [-0.2, 0) is 19.7 Å². The van der Waals surface area contributed by atoms with Crippen LogP contribution in [0.3, 0.4) is 0 Å². The van der Waals surface area contributed by atoms with E-state index in [0.29, 0.717) is 25.7 Å². The third-order valence-electron chi connectivity index (χ3n) is 10.4. The van der Waals surface area contributed by atoms with Gasteiger partial charge in [-0.2, -0.15) is 8.42 Å². The van der Waals surface area contributed by atoms with Crippen molar-refractivity contribution < 1.29 is 32.8 Å². The van der Waals surface area contributed by atoms with Gasteiger partial charge >= 0.3 is 0 Å². The fourth-order valence-electron chi connectivity index (χ4n) is 8.43. The summed E-state index contributed by atoms with van der Waals surface area (Å²) in [5, 5.41) is 25.4. The third kappa shape index (κ3) is 4.86. The average molecular weight is 512 g/mol. The lowest BCUT2D eigenvalue weighted by Crippen LogP contribution is -2.60. The number of rotatable bonds is 7. The highest BCUT2D eigenvalue weighted by Gasteiger charge is 2.64. The van der Waals surface area contributed by atoms with Crippen LogP contribution >= 0.6 is 0 Å². The molecular weight excluding hydrogens is 470 g/mol. The first-order chi connectivity index (χ1) is 16.3. The van der Waals surface area contributed by atoms with Crippen molar-refractivity contribution in [2.24, 2.45) is 40.4 Å². The summed E-state index contributed by atoms with van der Waals surface area (Å²) in [5.74, 6) is 0.241. The molecule has 0 aromatic heterocycles. The van der Waals surface area contributed by atoms with Gasteiger partial charge in [-0.3, -0.25) is 14.1 Å². The summed E-state index contributed by atoms with van der Waals surface area (Å²) >= 11 is 0.